The van der Waals surface area contributed by atoms with E-state index < -0.39 is 0 Å². The Hall–Kier alpha value is -2.31. The minimum absolute atomic E-state index is 0.192. The van der Waals surface area contributed by atoms with Gasteiger partial charge in [-0.3, -0.25) is 5.32 Å². The standard InChI is InChI=1S/C12H15N5O2/c1-8-5-11(19-15-8)14-12(18)17-4-3-16-6-9(2)13-10(16)7-17/h5-6H,3-4,7H2,1-2H3,(H,14,18). The Balaban J connectivity index is 1.69. The number of rotatable bonds is 1. The molecule has 0 bridgehead atoms. The molecule has 1 aliphatic heterocycles. The van der Waals surface area contributed by atoms with Crippen molar-refractivity contribution >= 4 is 11.9 Å². The second-order valence-electron chi connectivity index (χ2n) is 4.68. The number of urea groups is 1. The van der Waals surface area contributed by atoms with E-state index in [2.05, 4.69) is 20.0 Å². The average Bonchev–Trinajstić information content (AvgIpc) is 2.93. The van der Waals surface area contributed by atoms with E-state index in [1.807, 2.05) is 13.1 Å². The first-order valence-electron chi connectivity index (χ1n) is 6.14. The molecule has 100 valence electrons. The number of aromatic nitrogens is 3. The van der Waals surface area contributed by atoms with Crippen LogP contribution >= 0.6 is 0 Å². The van der Waals surface area contributed by atoms with Crippen LogP contribution in [0, 0.1) is 13.8 Å². The molecule has 2 aromatic rings. The van der Waals surface area contributed by atoms with Crippen molar-refractivity contribution in [2.24, 2.45) is 0 Å². The topological polar surface area (TPSA) is 76.2 Å². The summed E-state index contributed by atoms with van der Waals surface area (Å²) in [5.41, 5.74) is 1.71. The van der Waals surface area contributed by atoms with E-state index in [0.717, 1.165) is 23.8 Å². The Labute approximate surface area is 110 Å². The molecule has 0 atom stereocenters. The molecular formula is C12H15N5O2. The number of aryl methyl sites for hydroxylation is 2. The highest BCUT2D eigenvalue weighted by Gasteiger charge is 2.22. The highest BCUT2D eigenvalue weighted by atomic mass is 16.5. The number of nitrogens with zero attached hydrogens (tertiary/aromatic N) is 4. The normalized spacial score (nSPS) is 14.3. The van der Waals surface area contributed by atoms with Crippen LogP contribution in [0.4, 0.5) is 10.7 Å². The molecule has 7 heteroatoms. The van der Waals surface area contributed by atoms with Gasteiger partial charge in [0.1, 0.15) is 5.82 Å². The van der Waals surface area contributed by atoms with Crippen LogP contribution in [0.3, 0.4) is 0 Å². The Morgan fingerprint density at radius 1 is 1.37 bits per heavy atom. The van der Waals surface area contributed by atoms with Gasteiger partial charge in [0.2, 0.25) is 5.88 Å². The summed E-state index contributed by atoms with van der Waals surface area (Å²) >= 11 is 0. The predicted octanol–water partition coefficient (Wildman–Crippen LogP) is 1.54. The first-order valence-corrected chi connectivity index (χ1v) is 6.14. The molecule has 7 nitrogen and oxygen atoms in total. The molecule has 0 aliphatic carbocycles. The lowest BCUT2D eigenvalue weighted by molar-refractivity contribution is 0.195. The van der Waals surface area contributed by atoms with E-state index in [4.69, 9.17) is 4.52 Å². The molecule has 3 heterocycles. The van der Waals surface area contributed by atoms with Gasteiger partial charge in [-0.2, -0.15) is 0 Å². The summed E-state index contributed by atoms with van der Waals surface area (Å²) < 4.78 is 7.05. The lowest BCUT2D eigenvalue weighted by Crippen LogP contribution is -2.40. The molecule has 0 radical (unpaired) electrons. The first kappa shape index (κ1) is 11.8. The summed E-state index contributed by atoms with van der Waals surface area (Å²) in [7, 11) is 0. The van der Waals surface area contributed by atoms with Crippen LogP contribution in [0.1, 0.15) is 17.2 Å². The quantitative estimate of drug-likeness (QED) is 0.844. The van der Waals surface area contributed by atoms with Gasteiger partial charge in [-0.15, -0.1) is 0 Å². The SMILES string of the molecule is Cc1cc(NC(=O)N2CCn3cc(C)nc3C2)on1. The van der Waals surface area contributed by atoms with E-state index in [1.54, 1.807) is 17.9 Å². The maximum atomic E-state index is 12.1. The van der Waals surface area contributed by atoms with Gasteiger partial charge in [-0.05, 0) is 13.8 Å². The second kappa shape index (κ2) is 4.42. The van der Waals surface area contributed by atoms with E-state index in [1.165, 1.54) is 0 Å². The zero-order chi connectivity index (χ0) is 13.4. The van der Waals surface area contributed by atoms with Crippen LogP contribution in [0.5, 0.6) is 0 Å². The largest absolute Gasteiger partial charge is 0.338 e. The molecular weight excluding hydrogens is 246 g/mol. The monoisotopic (exact) mass is 261 g/mol. The fourth-order valence-corrected chi connectivity index (χ4v) is 2.17. The highest BCUT2D eigenvalue weighted by molar-refractivity contribution is 5.87. The average molecular weight is 261 g/mol. The third-order valence-corrected chi connectivity index (χ3v) is 3.07. The van der Waals surface area contributed by atoms with Crippen molar-refractivity contribution in [2.75, 3.05) is 11.9 Å². The van der Waals surface area contributed by atoms with E-state index in [0.29, 0.717) is 19.0 Å². The van der Waals surface area contributed by atoms with E-state index in [-0.39, 0.29) is 6.03 Å². The predicted molar refractivity (Wildman–Crippen MR) is 67.6 cm³/mol. The van der Waals surface area contributed by atoms with Crippen molar-refractivity contribution in [3.63, 3.8) is 0 Å². The minimum Gasteiger partial charge on any atom is -0.338 e. The van der Waals surface area contributed by atoms with Gasteiger partial charge in [0.25, 0.3) is 0 Å². The minimum atomic E-state index is -0.192. The number of fused-ring (bicyclic) bond motifs is 1. The summed E-state index contributed by atoms with van der Waals surface area (Å²) in [5.74, 6) is 1.28. The highest BCUT2D eigenvalue weighted by Crippen LogP contribution is 2.15. The van der Waals surface area contributed by atoms with Crippen LogP contribution in [-0.2, 0) is 13.1 Å². The van der Waals surface area contributed by atoms with Gasteiger partial charge in [-0.25, -0.2) is 9.78 Å². The fourth-order valence-electron chi connectivity index (χ4n) is 2.17. The van der Waals surface area contributed by atoms with E-state index in [9.17, 15) is 4.79 Å². The van der Waals surface area contributed by atoms with Crippen molar-refractivity contribution < 1.29 is 9.32 Å². The lowest BCUT2D eigenvalue weighted by Gasteiger charge is -2.27. The number of nitrogens with one attached hydrogen (secondary N) is 1. The Kier molecular flexibility index (Phi) is 2.73. The number of amides is 2. The lowest BCUT2D eigenvalue weighted by atomic mass is 10.4. The number of imidazole rings is 1. The molecule has 1 N–H and O–H groups in total. The van der Waals surface area contributed by atoms with Crippen molar-refractivity contribution in [1.29, 1.82) is 0 Å². The van der Waals surface area contributed by atoms with Gasteiger partial charge in [0, 0.05) is 25.4 Å². The third kappa shape index (κ3) is 2.31. The number of hydrogen-bond acceptors (Lipinski definition) is 4. The second-order valence-corrected chi connectivity index (χ2v) is 4.68. The summed E-state index contributed by atoms with van der Waals surface area (Å²) in [6.07, 6.45) is 2.00. The number of anilines is 1. The molecule has 19 heavy (non-hydrogen) atoms. The van der Waals surface area contributed by atoms with Crippen LogP contribution in [-0.4, -0.2) is 32.2 Å². The Bertz CT molecular complexity index is 615. The van der Waals surface area contributed by atoms with Crippen LogP contribution in [0.25, 0.3) is 0 Å². The molecule has 0 fully saturated rings. The number of hydrogen-bond donors (Lipinski definition) is 1. The van der Waals surface area contributed by atoms with Gasteiger partial charge < -0.3 is 14.0 Å². The van der Waals surface area contributed by atoms with Crippen LogP contribution in [0.15, 0.2) is 16.8 Å². The van der Waals surface area contributed by atoms with Crippen LogP contribution in [0.2, 0.25) is 0 Å². The molecule has 0 saturated carbocycles. The van der Waals surface area contributed by atoms with Crippen molar-refractivity contribution in [3.8, 4) is 0 Å². The molecule has 2 amide bonds. The summed E-state index contributed by atoms with van der Waals surface area (Å²) in [6.45, 7) is 5.68. The van der Waals surface area contributed by atoms with Gasteiger partial charge in [0.05, 0.1) is 17.9 Å². The maximum absolute atomic E-state index is 12.1. The zero-order valence-electron chi connectivity index (χ0n) is 10.9. The maximum Gasteiger partial charge on any atom is 0.324 e. The summed E-state index contributed by atoms with van der Waals surface area (Å²) in [6, 6.07) is 1.50. The number of carbonyl (C=O) groups is 1. The van der Waals surface area contributed by atoms with Crippen molar-refractivity contribution in [1.82, 2.24) is 19.6 Å². The molecule has 0 spiro atoms. The molecule has 3 rings (SSSR count). The molecule has 1 aliphatic rings. The molecule has 0 unspecified atom stereocenters. The smallest absolute Gasteiger partial charge is 0.324 e. The molecule has 0 saturated heterocycles. The summed E-state index contributed by atoms with van der Waals surface area (Å²) in [4.78, 5) is 18.2. The third-order valence-electron chi connectivity index (χ3n) is 3.07. The van der Waals surface area contributed by atoms with Gasteiger partial charge in [0.15, 0.2) is 0 Å². The fraction of sp³-hybridized carbons (Fsp3) is 0.417. The van der Waals surface area contributed by atoms with Gasteiger partial charge in [-0.1, -0.05) is 5.16 Å². The van der Waals surface area contributed by atoms with Crippen molar-refractivity contribution in [3.05, 3.63) is 29.5 Å². The molecule has 2 aromatic heterocycles. The zero-order valence-corrected chi connectivity index (χ0v) is 10.9. The Morgan fingerprint density at radius 3 is 2.95 bits per heavy atom. The Morgan fingerprint density at radius 2 is 2.21 bits per heavy atom. The van der Waals surface area contributed by atoms with Crippen LogP contribution < -0.4 is 5.32 Å². The van der Waals surface area contributed by atoms with E-state index >= 15 is 0 Å². The summed E-state index contributed by atoms with van der Waals surface area (Å²) in [5, 5.41) is 6.42. The first-order chi connectivity index (χ1) is 9.11. The molecule has 0 aromatic carbocycles. The number of carbonyl (C=O) groups excluding carboxylic acids is 1. The van der Waals surface area contributed by atoms with Crippen molar-refractivity contribution in [2.45, 2.75) is 26.9 Å². The van der Waals surface area contributed by atoms with Gasteiger partial charge >= 0.3 is 6.03 Å².